The Hall–Kier alpha value is -2.95. The third-order valence-electron chi connectivity index (χ3n) is 4.70. The van der Waals surface area contributed by atoms with E-state index in [0.29, 0.717) is 6.54 Å². The Balaban J connectivity index is 1.72. The van der Waals surface area contributed by atoms with Crippen LogP contribution >= 0.6 is 22.9 Å². The summed E-state index contributed by atoms with van der Waals surface area (Å²) in [5.41, 5.74) is 4.10. The minimum atomic E-state index is 0.658. The molecule has 144 valence electrons. The van der Waals surface area contributed by atoms with Gasteiger partial charge in [-0.1, -0.05) is 66.2 Å². The molecule has 0 aliphatic rings. The third kappa shape index (κ3) is 4.24. The monoisotopic (exact) mass is 417 g/mol. The van der Waals surface area contributed by atoms with E-state index in [1.165, 1.54) is 10.8 Å². The van der Waals surface area contributed by atoms with Gasteiger partial charge in [0.15, 0.2) is 0 Å². The van der Waals surface area contributed by atoms with Crippen LogP contribution in [0.2, 0.25) is 5.02 Å². The molecule has 0 unspecified atom stereocenters. The van der Waals surface area contributed by atoms with Gasteiger partial charge in [0.25, 0.3) is 0 Å². The van der Waals surface area contributed by atoms with Gasteiger partial charge in [-0.25, -0.2) is 0 Å². The number of aromatic nitrogens is 1. The van der Waals surface area contributed by atoms with Crippen molar-refractivity contribution in [3.05, 3.63) is 100 Å². The van der Waals surface area contributed by atoms with E-state index >= 15 is 0 Å². The van der Waals surface area contributed by atoms with Gasteiger partial charge < -0.3 is 4.57 Å². The lowest BCUT2D eigenvalue weighted by Crippen LogP contribution is -2.15. The molecule has 0 aliphatic heterocycles. The van der Waals surface area contributed by atoms with Crippen molar-refractivity contribution in [2.45, 2.75) is 13.5 Å². The summed E-state index contributed by atoms with van der Waals surface area (Å²) in [5, 5.41) is 14.3. The standard InChI is InChI=1S/C24H20ClN3S/c1-3-14-28-23(19-10-12-22(25)13-11-19)16-29-24(28)27-26-17(2)20-9-8-18-6-4-5-7-21(18)15-20/h3-13,15-16H,1,14H2,2H3/b26-17-,27-24-. The number of rotatable bonds is 5. The fourth-order valence-corrected chi connectivity index (χ4v) is 4.15. The molecule has 0 atom stereocenters. The van der Waals surface area contributed by atoms with Crippen molar-refractivity contribution >= 4 is 39.4 Å². The van der Waals surface area contributed by atoms with Crippen molar-refractivity contribution in [2.24, 2.45) is 10.2 Å². The van der Waals surface area contributed by atoms with Crippen molar-refractivity contribution in [1.29, 1.82) is 0 Å². The second-order valence-electron chi connectivity index (χ2n) is 6.66. The summed E-state index contributed by atoms with van der Waals surface area (Å²) in [6.07, 6.45) is 1.87. The lowest BCUT2D eigenvalue weighted by atomic mass is 10.0. The van der Waals surface area contributed by atoms with Gasteiger partial charge in [0.05, 0.1) is 11.4 Å². The average Bonchev–Trinajstić information content (AvgIpc) is 3.15. The number of hydrogen-bond donors (Lipinski definition) is 0. The van der Waals surface area contributed by atoms with E-state index in [1.807, 2.05) is 49.4 Å². The summed E-state index contributed by atoms with van der Waals surface area (Å²) in [6, 6.07) is 22.5. The summed E-state index contributed by atoms with van der Waals surface area (Å²) in [4.78, 5) is 0.829. The van der Waals surface area contributed by atoms with E-state index in [1.54, 1.807) is 11.3 Å². The fourth-order valence-electron chi connectivity index (χ4n) is 3.16. The normalized spacial score (nSPS) is 12.5. The van der Waals surface area contributed by atoms with E-state index in [0.717, 1.165) is 32.4 Å². The number of nitrogens with zero attached hydrogens (tertiary/aromatic N) is 3. The van der Waals surface area contributed by atoms with Crippen LogP contribution in [-0.2, 0) is 6.54 Å². The summed E-state index contributed by atoms with van der Waals surface area (Å²) in [7, 11) is 0. The molecule has 0 saturated carbocycles. The Morgan fingerprint density at radius 1 is 1.07 bits per heavy atom. The molecule has 0 aliphatic carbocycles. The molecule has 5 heteroatoms. The predicted octanol–water partition coefficient (Wildman–Crippen LogP) is 6.53. The lowest BCUT2D eigenvalue weighted by Gasteiger charge is -2.06. The van der Waals surface area contributed by atoms with Crippen molar-refractivity contribution in [3.8, 4) is 11.3 Å². The fraction of sp³-hybridized carbons (Fsp3) is 0.0833. The molecule has 0 spiro atoms. The number of benzene rings is 3. The molecule has 1 aromatic heterocycles. The molecule has 29 heavy (non-hydrogen) atoms. The Morgan fingerprint density at radius 3 is 2.59 bits per heavy atom. The molecule has 1 heterocycles. The number of fused-ring (bicyclic) bond motifs is 1. The molecule has 3 nitrogen and oxygen atoms in total. The molecule has 0 fully saturated rings. The van der Waals surface area contributed by atoms with Gasteiger partial charge in [-0.15, -0.1) is 23.0 Å². The molecule has 0 bridgehead atoms. The minimum absolute atomic E-state index is 0.658. The van der Waals surface area contributed by atoms with Crippen LogP contribution in [0.4, 0.5) is 0 Å². The van der Waals surface area contributed by atoms with Crippen molar-refractivity contribution in [2.75, 3.05) is 0 Å². The van der Waals surface area contributed by atoms with Crippen molar-refractivity contribution in [3.63, 3.8) is 0 Å². The summed E-state index contributed by atoms with van der Waals surface area (Å²) in [6.45, 7) is 6.53. The van der Waals surface area contributed by atoms with Gasteiger partial charge in [-0.2, -0.15) is 5.10 Å². The maximum Gasteiger partial charge on any atom is 0.211 e. The molecule has 4 aromatic rings. The first-order chi connectivity index (χ1) is 14.2. The van der Waals surface area contributed by atoms with E-state index < -0.39 is 0 Å². The van der Waals surface area contributed by atoms with Gasteiger partial charge in [0.2, 0.25) is 4.80 Å². The molecule has 0 N–H and O–H groups in total. The van der Waals surface area contributed by atoms with Crippen LogP contribution in [0, 0.1) is 0 Å². The Labute approximate surface area is 178 Å². The highest BCUT2D eigenvalue weighted by atomic mass is 35.5. The highest BCUT2D eigenvalue weighted by molar-refractivity contribution is 7.07. The summed E-state index contributed by atoms with van der Waals surface area (Å²) < 4.78 is 2.11. The molecular formula is C24H20ClN3S. The van der Waals surface area contributed by atoms with Crippen LogP contribution in [-0.4, -0.2) is 10.3 Å². The topological polar surface area (TPSA) is 29.6 Å². The van der Waals surface area contributed by atoms with E-state index in [-0.39, 0.29) is 0 Å². The van der Waals surface area contributed by atoms with Gasteiger partial charge in [0.1, 0.15) is 0 Å². The van der Waals surface area contributed by atoms with Gasteiger partial charge in [-0.05, 0) is 47.0 Å². The zero-order valence-electron chi connectivity index (χ0n) is 16.0. The average molecular weight is 418 g/mol. The third-order valence-corrected chi connectivity index (χ3v) is 5.81. The molecule has 0 saturated heterocycles. The second kappa shape index (κ2) is 8.60. The Morgan fingerprint density at radius 2 is 1.83 bits per heavy atom. The van der Waals surface area contributed by atoms with Crippen LogP contribution < -0.4 is 4.80 Å². The van der Waals surface area contributed by atoms with Crippen molar-refractivity contribution < 1.29 is 0 Å². The maximum atomic E-state index is 6.03. The first kappa shape index (κ1) is 19.4. The Kier molecular flexibility index (Phi) is 5.74. The molecule has 4 rings (SSSR count). The lowest BCUT2D eigenvalue weighted by molar-refractivity contribution is 0.788. The minimum Gasteiger partial charge on any atom is -0.311 e. The van der Waals surface area contributed by atoms with Gasteiger partial charge in [0, 0.05) is 16.9 Å². The van der Waals surface area contributed by atoms with Crippen LogP contribution in [0.25, 0.3) is 22.0 Å². The van der Waals surface area contributed by atoms with Crippen LogP contribution in [0.3, 0.4) is 0 Å². The Bertz CT molecular complexity index is 1260. The molecule has 3 aromatic carbocycles. The van der Waals surface area contributed by atoms with Gasteiger partial charge in [-0.3, -0.25) is 0 Å². The zero-order chi connectivity index (χ0) is 20.2. The predicted molar refractivity (Wildman–Crippen MR) is 125 cm³/mol. The SMILES string of the molecule is C=CCn1c(-c2ccc(Cl)cc2)cs/c1=N\N=C(\C)c1ccc2ccccc2c1. The highest BCUT2D eigenvalue weighted by Crippen LogP contribution is 2.22. The first-order valence-corrected chi connectivity index (χ1v) is 10.5. The summed E-state index contributed by atoms with van der Waals surface area (Å²) >= 11 is 7.59. The number of allylic oxidation sites excluding steroid dienone is 1. The van der Waals surface area contributed by atoms with Crippen LogP contribution in [0.1, 0.15) is 12.5 Å². The van der Waals surface area contributed by atoms with E-state index in [2.05, 4.69) is 57.1 Å². The molecule has 0 amide bonds. The molecular weight excluding hydrogens is 398 g/mol. The van der Waals surface area contributed by atoms with E-state index in [9.17, 15) is 0 Å². The van der Waals surface area contributed by atoms with Crippen LogP contribution in [0.5, 0.6) is 0 Å². The smallest absolute Gasteiger partial charge is 0.211 e. The van der Waals surface area contributed by atoms with Gasteiger partial charge >= 0.3 is 0 Å². The molecule has 0 radical (unpaired) electrons. The quantitative estimate of drug-likeness (QED) is 0.200. The maximum absolute atomic E-state index is 6.03. The van der Waals surface area contributed by atoms with E-state index in [4.69, 9.17) is 11.6 Å². The second-order valence-corrected chi connectivity index (χ2v) is 7.93. The number of thiazole rings is 1. The largest absolute Gasteiger partial charge is 0.311 e. The zero-order valence-corrected chi connectivity index (χ0v) is 17.6. The first-order valence-electron chi connectivity index (χ1n) is 9.28. The summed E-state index contributed by atoms with van der Waals surface area (Å²) in [5.74, 6) is 0. The number of halogens is 1. The number of hydrogen-bond acceptors (Lipinski definition) is 3. The van der Waals surface area contributed by atoms with Crippen LogP contribution in [0.15, 0.2) is 95.0 Å². The van der Waals surface area contributed by atoms with Crippen molar-refractivity contribution in [1.82, 2.24) is 4.57 Å². The highest BCUT2D eigenvalue weighted by Gasteiger charge is 2.07.